The predicted molar refractivity (Wildman–Crippen MR) is 139 cm³/mol. The van der Waals surface area contributed by atoms with Crippen molar-refractivity contribution < 1.29 is 4.39 Å². The fraction of sp³-hybridized carbons (Fsp3) is 0.222. The number of aryl methyl sites for hydroxylation is 1. The molecule has 1 saturated heterocycles. The average molecular weight is 513 g/mol. The molecule has 184 valence electrons. The number of hydrogen-bond acceptors (Lipinski definition) is 6. The summed E-state index contributed by atoms with van der Waals surface area (Å²) in [6.45, 7) is 0.872. The van der Waals surface area contributed by atoms with Gasteiger partial charge in [0.05, 0.1) is 28.7 Å². The molecule has 4 heterocycles. The fourth-order valence-electron chi connectivity index (χ4n) is 5.08. The molecule has 8 nitrogen and oxygen atoms in total. The topological polar surface area (TPSA) is 87.9 Å². The number of anilines is 1. The molecule has 1 aliphatic rings. The Balaban J connectivity index is 1.37. The molecule has 0 amide bonds. The number of para-hydroxylation sites is 1. The zero-order valence-corrected chi connectivity index (χ0v) is 20.8. The summed E-state index contributed by atoms with van der Waals surface area (Å²) >= 11 is 6.16. The number of nitrogens with zero attached hydrogens (tertiary/aromatic N) is 8. The van der Waals surface area contributed by atoms with Crippen molar-refractivity contribution in [3.63, 3.8) is 0 Å². The van der Waals surface area contributed by atoms with Gasteiger partial charge in [0.25, 0.3) is 0 Å². The Hall–Kier alpha value is -4.29. The first-order valence-corrected chi connectivity index (χ1v) is 12.3. The maximum atomic E-state index is 15.8. The molecule has 0 atom stereocenters. The van der Waals surface area contributed by atoms with Gasteiger partial charge in [0, 0.05) is 54.7 Å². The summed E-state index contributed by atoms with van der Waals surface area (Å²) in [6.07, 6.45) is 3.77. The first-order chi connectivity index (χ1) is 18.0. The van der Waals surface area contributed by atoms with E-state index in [4.69, 9.17) is 11.6 Å². The van der Waals surface area contributed by atoms with E-state index < -0.39 is 5.67 Å². The van der Waals surface area contributed by atoms with Crippen molar-refractivity contribution in [3.8, 4) is 28.5 Å². The van der Waals surface area contributed by atoms with E-state index in [-0.39, 0.29) is 12.8 Å². The van der Waals surface area contributed by atoms with Gasteiger partial charge in [0.15, 0.2) is 11.5 Å². The molecular formula is C27H22ClFN8. The highest BCUT2D eigenvalue weighted by Crippen LogP contribution is 2.41. The van der Waals surface area contributed by atoms with E-state index in [1.54, 1.807) is 28.5 Å². The van der Waals surface area contributed by atoms with Crippen molar-refractivity contribution in [1.29, 1.82) is 5.26 Å². The van der Waals surface area contributed by atoms with Crippen LogP contribution in [-0.2, 0) is 12.7 Å². The summed E-state index contributed by atoms with van der Waals surface area (Å²) in [7, 11) is 1.75. The number of benzene rings is 2. The van der Waals surface area contributed by atoms with Gasteiger partial charge in [-0.2, -0.15) is 15.0 Å². The van der Waals surface area contributed by atoms with E-state index in [2.05, 4.69) is 31.4 Å². The van der Waals surface area contributed by atoms with Crippen LogP contribution in [-0.4, -0.2) is 42.7 Å². The molecule has 0 saturated carbocycles. The Morgan fingerprint density at radius 3 is 2.59 bits per heavy atom. The highest BCUT2D eigenvalue weighted by atomic mass is 35.5. The molecule has 3 aromatic heterocycles. The molecule has 0 aliphatic carbocycles. The highest BCUT2D eigenvalue weighted by Gasteiger charge is 2.41. The molecule has 10 heteroatoms. The monoisotopic (exact) mass is 512 g/mol. The number of nitriles is 1. The Labute approximate surface area is 217 Å². The summed E-state index contributed by atoms with van der Waals surface area (Å²) < 4.78 is 19.0. The van der Waals surface area contributed by atoms with Crippen LogP contribution >= 0.6 is 11.6 Å². The number of alkyl halides is 1. The van der Waals surface area contributed by atoms with E-state index >= 15 is 4.39 Å². The third kappa shape index (κ3) is 3.99. The molecule has 5 aromatic rings. The number of piperidine rings is 1. The lowest BCUT2D eigenvalue weighted by molar-refractivity contribution is 0.109. The van der Waals surface area contributed by atoms with Gasteiger partial charge >= 0.3 is 0 Å². The minimum Gasteiger partial charge on any atom is -0.370 e. The third-order valence-electron chi connectivity index (χ3n) is 6.94. The molecule has 0 radical (unpaired) electrons. The van der Waals surface area contributed by atoms with Crippen molar-refractivity contribution >= 4 is 22.8 Å². The van der Waals surface area contributed by atoms with Gasteiger partial charge < -0.3 is 9.47 Å². The molecule has 0 unspecified atom stereocenters. The van der Waals surface area contributed by atoms with Crippen LogP contribution in [0.4, 0.5) is 10.1 Å². The lowest BCUT2D eigenvalue weighted by Gasteiger charge is -2.38. The zero-order chi connectivity index (χ0) is 25.6. The number of halogens is 2. The molecule has 0 bridgehead atoms. The van der Waals surface area contributed by atoms with E-state index in [1.165, 1.54) is 6.33 Å². The molecule has 6 rings (SSSR count). The lowest BCUT2D eigenvalue weighted by atomic mass is 9.90. The van der Waals surface area contributed by atoms with E-state index in [1.807, 2.05) is 48.5 Å². The quantitative estimate of drug-likeness (QED) is 0.329. The highest BCUT2D eigenvalue weighted by molar-refractivity contribution is 6.30. The molecule has 1 aliphatic heterocycles. The van der Waals surface area contributed by atoms with Crippen LogP contribution in [0.3, 0.4) is 0 Å². The van der Waals surface area contributed by atoms with Crippen LogP contribution in [0.5, 0.6) is 0 Å². The Kier molecular flexibility index (Phi) is 5.61. The molecule has 0 N–H and O–H groups in total. The van der Waals surface area contributed by atoms with Crippen molar-refractivity contribution in [3.05, 3.63) is 83.5 Å². The van der Waals surface area contributed by atoms with Gasteiger partial charge in [-0.05, 0) is 30.3 Å². The Bertz CT molecular complexity index is 1660. The van der Waals surface area contributed by atoms with Crippen molar-refractivity contribution in [1.82, 2.24) is 29.6 Å². The van der Waals surface area contributed by atoms with Crippen molar-refractivity contribution in [2.24, 2.45) is 7.05 Å². The molecule has 0 spiro atoms. The first-order valence-electron chi connectivity index (χ1n) is 11.9. The zero-order valence-electron chi connectivity index (χ0n) is 20.0. The van der Waals surface area contributed by atoms with Crippen molar-refractivity contribution in [2.75, 3.05) is 18.0 Å². The van der Waals surface area contributed by atoms with Crippen LogP contribution < -0.4 is 4.90 Å². The number of fused-ring (bicyclic) bond motifs is 1. The minimum absolute atomic E-state index is 0.248. The second kappa shape index (κ2) is 8.98. The maximum absolute atomic E-state index is 15.8. The SMILES string of the molecule is Cn1cnnc1C1(F)CCN(c2c(C#N)cccc2-c2cnn3nc(-c4cccc(Cl)c4)ccc23)CC1. The smallest absolute Gasteiger partial charge is 0.173 e. The third-order valence-corrected chi connectivity index (χ3v) is 7.18. The van der Waals surface area contributed by atoms with Gasteiger partial charge in [-0.15, -0.1) is 15.3 Å². The van der Waals surface area contributed by atoms with Gasteiger partial charge in [-0.1, -0.05) is 35.9 Å². The minimum atomic E-state index is -1.56. The van der Waals surface area contributed by atoms with E-state index in [9.17, 15) is 5.26 Å². The Morgan fingerprint density at radius 2 is 1.86 bits per heavy atom. The first kappa shape index (κ1) is 23.1. The van der Waals surface area contributed by atoms with E-state index in [0.29, 0.717) is 29.5 Å². The standard InChI is InChI=1S/C27H22ClFN8/c1-35-17-31-33-26(35)27(29)10-12-36(13-11-27)25-19(15-30)5-3-7-21(25)22-16-32-37-24(22)9-8-23(34-37)18-4-2-6-20(28)14-18/h2-9,14,16-17H,10-13H2,1H3. The second-order valence-corrected chi connectivity index (χ2v) is 9.63. The average Bonchev–Trinajstić information content (AvgIpc) is 3.55. The van der Waals surface area contributed by atoms with Crippen LogP contribution in [0.1, 0.15) is 24.2 Å². The van der Waals surface area contributed by atoms with Gasteiger partial charge in [0.1, 0.15) is 12.4 Å². The Morgan fingerprint density at radius 1 is 1.05 bits per heavy atom. The summed E-state index contributed by atoms with van der Waals surface area (Å²) in [6, 6.07) is 19.3. The summed E-state index contributed by atoms with van der Waals surface area (Å²) in [5, 5.41) is 27.6. The van der Waals surface area contributed by atoms with Crippen LogP contribution in [0, 0.1) is 11.3 Å². The van der Waals surface area contributed by atoms with E-state index in [0.717, 1.165) is 33.6 Å². The van der Waals surface area contributed by atoms with Gasteiger partial charge in [-0.25, -0.2) is 4.39 Å². The van der Waals surface area contributed by atoms with Crippen LogP contribution in [0.2, 0.25) is 5.02 Å². The van der Waals surface area contributed by atoms with Gasteiger partial charge in [-0.3, -0.25) is 0 Å². The molecule has 1 fully saturated rings. The van der Waals surface area contributed by atoms with Crippen LogP contribution in [0.25, 0.3) is 27.9 Å². The number of hydrogen-bond donors (Lipinski definition) is 0. The summed E-state index contributed by atoms with van der Waals surface area (Å²) in [4.78, 5) is 2.08. The van der Waals surface area contributed by atoms with Gasteiger partial charge in [0.2, 0.25) is 0 Å². The lowest BCUT2D eigenvalue weighted by Crippen LogP contribution is -2.42. The summed E-state index contributed by atoms with van der Waals surface area (Å²) in [5.74, 6) is 0.338. The maximum Gasteiger partial charge on any atom is 0.173 e. The normalized spacial score (nSPS) is 15.1. The second-order valence-electron chi connectivity index (χ2n) is 9.19. The fourth-order valence-corrected chi connectivity index (χ4v) is 5.27. The molecule has 37 heavy (non-hydrogen) atoms. The summed E-state index contributed by atoms with van der Waals surface area (Å²) in [5.41, 5.74) is 3.90. The number of aromatic nitrogens is 6. The van der Waals surface area contributed by atoms with Crippen LogP contribution in [0.15, 0.2) is 67.1 Å². The predicted octanol–water partition coefficient (Wildman–Crippen LogP) is 5.18. The molecule has 2 aromatic carbocycles. The van der Waals surface area contributed by atoms with Crippen molar-refractivity contribution in [2.45, 2.75) is 18.5 Å². The number of rotatable bonds is 4. The largest absolute Gasteiger partial charge is 0.370 e. The molecular weight excluding hydrogens is 491 g/mol.